The van der Waals surface area contributed by atoms with E-state index >= 15 is 0 Å². The molecule has 162 valence electrons. The van der Waals surface area contributed by atoms with Gasteiger partial charge in [-0.05, 0) is 49.0 Å². The predicted octanol–water partition coefficient (Wildman–Crippen LogP) is 2.24. The van der Waals surface area contributed by atoms with Crippen molar-refractivity contribution >= 4 is 17.5 Å². The lowest BCUT2D eigenvalue weighted by Gasteiger charge is -2.22. The number of methoxy groups -OCH3 is 3. The van der Waals surface area contributed by atoms with Gasteiger partial charge in [0.05, 0.1) is 34.4 Å². The fourth-order valence-electron chi connectivity index (χ4n) is 2.87. The number of hydrogen-bond acceptors (Lipinski definition) is 6. The third-order valence-electron chi connectivity index (χ3n) is 4.49. The standard InChI is InChI=1S/C22H29N3O5/c1-24(14-21(26)23-17-7-9-18(28-3)10-8-17)15-22(27)25(2)13-16-6-11-19(29-4)20(12-16)30-5/h6-12H,13-15H2,1-5H3,(H,23,26). The Morgan fingerprint density at radius 3 is 2.13 bits per heavy atom. The summed E-state index contributed by atoms with van der Waals surface area (Å²) in [6.07, 6.45) is 0. The Hall–Kier alpha value is -3.26. The molecule has 0 aliphatic rings. The van der Waals surface area contributed by atoms with Crippen LogP contribution < -0.4 is 19.5 Å². The number of nitrogens with zero attached hydrogens (tertiary/aromatic N) is 2. The van der Waals surface area contributed by atoms with Gasteiger partial charge in [-0.3, -0.25) is 14.5 Å². The van der Waals surface area contributed by atoms with E-state index in [1.807, 2.05) is 18.2 Å². The Kier molecular flexibility index (Phi) is 8.49. The van der Waals surface area contributed by atoms with Crippen molar-refractivity contribution in [1.29, 1.82) is 0 Å². The van der Waals surface area contributed by atoms with Gasteiger partial charge in [0.25, 0.3) is 0 Å². The van der Waals surface area contributed by atoms with Gasteiger partial charge in [-0.1, -0.05) is 6.07 Å². The number of anilines is 1. The number of hydrogen-bond donors (Lipinski definition) is 1. The second-order valence-electron chi connectivity index (χ2n) is 6.89. The summed E-state index contributed by atoms with van der Waals surface area (Å²) in [5.74, 6) is 1.68. The molecule has 0 aliphatic heterocycles. The summed E-state index contributed by atoms with van der Waals surface area (Å²) in [6, 6.07) is 12.6. The molecule has 8 nitrogen and oxygen atoms in total. The SMILES string of the molecule is COc1ccc(NC(=O)CN(C)CC(=O)N(C)Cc2ccc(OC)c(OC)c2)cc1. The highest BCUT2D eigenvalue weighted by molar-refractivity contribution is 5.92. The van der Waals surface area contributed by atoms with Crippen LogP contribution in [-0.4, -0.2) is 70.1 Å². The fourth-order valence-corrected chi connectivity index (χ4v) is 2.87. The normalized spacial score (nSPS) is 10.5. The minimum absolute atomic E-state index is 0.0930. The van der Waals surface area contributed by atoms with Crippen LogP contribution in [0.2, 0.25) is 0 Å². The first-order valence-corrected chi connectivity index (χ1v) is 9.43. The molecule has 2 aromatic carbocycles. The molecule has 0 atom stereocenters. The van der Waals surface area contributed by atoms with Crippen molar-refractivity contribution in [3.05, 3.63) is 48.0 Å². The summed E-state index contributed by atoms with van der Waals surface area (Å²) >= 11 is 0. The molecule has 0 radical (unpaired) electrons. The molecular weight excluding hydrogens is 386 g/mol. The average Bonchev–Trinajstić information content (AvgIpc) is 2.73. The molecule has 2 amide bonds. The van der Waals surface area contributed by atoms with Gasteiger partial charge in [0.2, 0.25) is 11.8 Å². The van der Waals surface area contributed by atoms with E-state index in [4.69, 9.17) is 14.2 Å². The van der Waals surface area contributed by atoms with Crippen molar-refractivity contribution in [2.45, 2.75) is 6.54 Å². The maximum absolute atomic E-state index is 12.5. The number of carbonyl (C=O) groups excluding carboxylic acids is 2. The topological polar surface area (TPSA) is 80.3 Å². The van der Waals surface area contributed by atoms with Crippen LogP contribution in [0.15, 0.2) is 42.5 Å². The van der Waals surface area contributed by atoms with Crippen LogP contribution in [0.3, 0.4) is 0 Å². The molecule has 0 unspecified atom stereocenters. The van der Waals surface area contributed by atoms with E-state index in [0.717, 1.165) is 5.56 Å². The minimum atomic E-state index is -0.196. The van der Waals surface area contributed by atoms with Crippen molar-refractivity contribution in [3.8, 4) is 17.2 Å². The van der Waals surface area contributed by atoms with Gasteiger partial charge in [-0.15, -0.1) is 0 Å². The van der Waals surface area contributed by atoms with Gasteiger partial charge in [-0.25, -0.2) is 0 Å². The van der Waals surface area contributed by atoms with E-state index in [0.29, 0.717) is 29.5 Å². The quantitative estimate of drug-likeness (QED) is 0.641. The minimum Gasteiger partial charge on any atom is -0.497 e. The molecule has 8 heteroatoms. The first-order valence-electron chi connectivity index (χ1n) is 9.43. The van der Waals surface area contributed by atoms with Crippen LogP contribution in [-0.2, 0) is 16.1 Å². The van der Waals surface area contributed by atoms with E-state index in [1.54, 1.807) is 69.5 Å². The van der Waals surface area contributed by atoms with Gasteiger partial charge in [0.15, 0.2) is 11.5 Å². The van der Waals surface area contributed by atoms with Crippen molar-refractivity contribution in [2.75, 3.05) is 53.8 Å². The lowest BCUT2D eigenvalue weighted by molar-refractivity contribution is -0.131. The Balaban J connectivity index is 1.84. The first-order chi connectivity index (χ1) is 14.4. The lowest BCUT2D eigenvalue weighted by atomic mass is 10.2. The number of ether oxygens (including phenoxy) is 3. The van der Waals surface area contributed by atoms with Crippen LogP contribution in [0.1, 0.15) is 5.56 Å². The zero-order valence-corrected chi connectivity index (χ0v) is 18.1. The second kappa shape index (κ2) is 11.1. The Labute approximate surface area is 177 Å². The Bertz CT molecular complexity index is 854. The number of benzene rings is 2. The van der Waals surface area contributed by atoms with Gasteiger partial charge < -0.3 is 24.4 Å². The summed E-state index contributed by atoms with van der Waals surface area (Å²) in [5, 5.41) is 2.80. The van der Waals surface area contributed by atoms with Gasteiger partial charge in [0, 0.05) is 19.3 Å². The molecule has 2 rings (SSSR count). The highest BCUT2D eigenvalue weighted by atomic mass is 16.5. The molecule has 2 aromatic rings. The molecule has 0 bridgehead atoms. The van der Waals surface area contributed by atoms with Crippen molar-refractivity contribution in [3.63, 3.8) is 0 Å². The number of amides is 2. The Morgan fingerprint density at radius 2 is 1.53 bits per heavy atom. The smallest absolute Gasteiger partial charge is 0.238 e. The van der Waals surface area contributed by atoms with Crippen LogP contribution in [0, 0.1) is 0 Å². The summed E-state index contributed by atoms with van der Waals surface area (Å²) in [6.45, 7) is 0.646. The molecular formula is C22H29N3O5. The van der Waals surface area contributed by atoms with E-state index < -0.39 is 0 Å². The molecule has 0 spiro atoms. The van der Waals surface area contributed by atoms with Gasteiger partial charge in [0.1, 0.15) is 5.75 Å². The zero-order valence-electron chi connectivity index (χ0n) is 18.1. The zero-order chi connectivity index (χ0) is 22.1. The summed E-state index contributed by atoms with van der Waals surface area (Å²) in [7, 11) is 8.19. The fraction of sp³-hybridized carbons (Fsp3) is 0.364. The molecule has 1 N–H and O–H groups in total. The number of carbonyl (C=O) groups is 2. The van der Waals surface area contributed by atoms with Crippen LogP contribution in [0.25, 0.3) is 0 Å². The van der Waals surface area contributed by atoms with Crippen LogP contribution in [0.5, 0.6) is 17.2 Å². The van der Waals surface area contributed by atoms with Gasteiger partial charge >= 0.3 is 0 Å². The predicted molar refractivity (Wildman–Crippen MR) is 115 cm³/mol. The molecule has 0 aliphatic carbocycles. The number of nitrogens with one attached hydrogen (secondary N) is 1. The van der Waals surface area contributed by atoms with Crippen molar-refractivity contribution in [1.82, 2.24) is 9.80 Å². The number of rotatable bonds is 10. The third-order valence-corrected chi connectivity index (χ3v) is 4.49. The van der Waals surface area contributed by atoms with E-state index in [2.05, 4.69) is 5.32 Å². The van der Waals surface area contributed by atoms with Crippen LogP contribution >= 0.6 is 0 Å². The Morgan fingerprint density at radius 1 is 0.867 bits per heavy atom. The average molecular weight is 415 g/mol. The van der Waals surface area contributed by atoms with E-state index in [1.165, 1.54) is 0 Å². The van der Waals surface area contributed by atoms with Crippen molar-refractivity contribution in [2.24, 2.45) is 0 Å². The highest BCUT2D eigenvalue weighted by Crippen LogP contribution is 2.27. The highest BCUT2D eigenvalue weighted by Gasteiger charge is 2.15. The van der Waals surface area contributed by atoms with Crippen molar-refractivity contribution < 1.29 is 23.8 Å². The monoisotopic (exact) mass is 415 g/mol. The largest absolute Gasteiger partial charge is 0.497 e. The summed E-state index contributed by atoms with van der Waals surface area (Å²) in [4.78, 5) is 28.0. The van der Waals surface area contributed by atoms with E-state index in [-0.39, 0.29) is 24.9 Å². The van der Waals surface area contributed by atoms with Gasteiger partial charge in [-0.2, -0.15) is 0 Å². The molecule has 0 aromatic heterocycles. The molecule has 0 fully saturated rings. The summed E-state index contributed by atoms with van der Waals surface area (Å²) < 4.78 is 15.6. The molecule has 0 saturated carbocycles. The third kappa shape index (κ3) is 6.66. The number of likely N-dealkylation sites (N-methyl/N-ethyl adjacent to an activating group) is 2. The molecule has 0 saturated heterocycles. The van der Waals surface area contributed by atoms with E-state index in [9.17, 15) is 9.59 Å². The maximum atomic E-state index is 12.5. The lowest BCUT2D eigenvalue weighted by Crippen LogP contribution is -2.39. The first kappa shape index (κ1) is 23.0. The maximum Gasteiger partial charge on any atom is 0.238 e. The van der Waals surface area contributed by atoms with Crippen LogP contribution in [0.4, 0.5) is 5.69 Å². The molecule has 30 heavy (non-hydrogen) atoms. The molecule has 0 heterocycles. The second-order valence-corrected chi connectivity index (χ2v) is 6.89. The summed E-state index contributed by atoms with van der Waals surface area (Å²) in [5.41, 5.74) is 1.59.